The molecule has 0 atom stereocenters. The van der Waals surface area contributed by atoms with E-state index in [9.17, 15) is 0 Å². The van der Waals surface area contributed by atoms with Crippen molar-refractivity contribution in [1.29, 1.82) is 0 Å². The number of aryl methyl sites for hydroxylation is 1. The van der Waals surface area contributed by atoms with Crippen molar-refractivity contribution in [1.82, 2.24) is 0 Å². The van der Waals surface area contributed by atoms with Gasteiger partial charge >= 0.3 is 0 Å². The fourth-order valence-corrected chi connectivity index (χ4v) is 2.75. The quantitative estimate of drug-likeness (QED) is 0.771. The zero-order valence-corrected chi connectivity index (χ0v) is 10.8. The Morgan fingerprint density at radius 1 is 1.17 bits per heavy atom. The van der Waals surface area contributed by atoms with E-state index in [2.05, 4.69) is 17.0 Å². The van der Waals surface area contributed by atoms with E-state index < -0.39 is 0 Å². The summed E-state index contributed by atoms with van der Waals surface area (Å²) in [5.74, 6) is -0.292. The minimum atomic E-state index is -0.292. The first-order chi connectivity index (χ1) is 8.69. The Morgan fingerprint density at radius 3 is 2.44 bits per heavy atom. The minimum absolute atomic E-state index is 0.292. The Hall–Kier alpha value is -1.26. The van der Waals surface area contributed by atoms with Crippen molar-refractivity contribution >= 4 is 11.4 Å². The van der Waals surface area contributed by atoms with Crippen LogP contribution in [0, 0.1) is 6.92 Å². The van der Waals surface area contributed by atoms with E-state index in [1.54, 1.807) is 0 Å². The van der Waals surface area contributed by atoms with Crippen LogP contribution in [-0.4, -0.2) is 32.1 Å². The highest BCUT2D eigenvalue weighted by atomic mass is 16.7. The van der Waals surface area contributed by atoms with Crippen molar-refractivity contribution in [3.8, 4) is 0 Å². The molecule has 2 fully saturated rings. The van der Waals surface area contributed by atoms with Gasteiger partial charge in [0.05, 0.1) is 13.2 Å². The predicted molar refractivity (Wildman–Crippen MR) is 71.7 cm³/mol. The Kier molecular flexibility index (Phi) is 2.92. The monoisotopic (exact) mass is 248 g/mol. The molecule has 0 unspecified atom stereocenters. The highest BCUT2D eigenvalue weighted by Crippen LogP contribution is 2.33. The second kappa shape index (κ2) is 4.44. The molecule has 4 nitrogen and oxygen atoms in total. The molecule has 3 rings (SSSR count). The van der Waals surface area contributed by atoms with E-state index in [-0.39, 0.29) is 5.79 Å². The maximum Gasteiger partial charge on any atom is 0.171 e. The molecule has 2 aliphatic heterocycles. The molecule has 0 saturated carbocycles. The molecule has 0 radical (unpaired) electrons. The van der Waals surface area contributed by atoms with Gasteiger partial charge in [0.2, 0.25) is 0 Å². The fourth-order valence-electron chi connectivity index (χ4n) is 2.75. The average Bonchev–Trinajstić information content (AvgIpc) is 2.82. The summed E-state index contributed by atoms with van der Waals surface area (Å²) in [5, 5.41) is 0. The third-order valence-corrected chi connectivity index (χ3v) is 3.96. The lowest BCUT2D eigenvalue weighted by Crippen LogP contribution is -2.45. The molecule has 2 N–H and O–H groups in total. The lowest BCUT2D eigenvalue weighted by Gasteiger charge is -2.38. The third kappa shape index (κ3) is 2.06. The average molecular weight is 248 g/mol. The summed E-state index contributed by atoms with van der Waals surface area (Å²) in [6.07, 6.45) is 1.88. The topological polar surface area (TPSA) is 47.7 Å². The third-order valence-electron chi connectivity index (χ3n) is 3.96. The van der Waals surface area contributed by atoms with Crippen LogP contribution in [0.4, 0.5) is 11.4 Å². The van der Waals surface area contributed by atoms with Crippen molar-refractivity contribution in [3.63, 3.8) is 0 Å². The van der Waals surface area contributed by atoms with Crippen molar-refractivity contribution in [2.75, 3.05) is 36.9 Å². The molecule has 98 valence electrons. The van der Waals surface area contributed by atoms with Gasteiger partial charge in [-0.05, 0) is 30.7 Å². The van der Waals surface area contributed by atoms with Crippen molar-refractivity contribution in [3.05, 3.63) is 23.8 Å². The summed E-state index contributed by atoms with van der Waals surface area (Å²) in [4.78, 5) is 2.38. The molecule has 1 aromatic rings. The van der Waals surface area contributed by atoms with Gasteiger partial charge in [-0.3, -0.25) is 0 Å². The molecule has 2 aliphatic rings. The standard InChI is InChI=1S/C14H20N2O2/c1-11-10-12(2-3-13(11)15)16-6-4-14(5-7-16)17-8-9-18-14/h2-3,10H,4-9,15H2,1H3. The van der Waals surface area contributed by atoms with Crippen LogP contribution in [0.1, 0.15) is 18.4 Å². The van der Waals surface area contributed by atoms with Gasteiger partial charge in [-0.15, -0.1) is 0 Å². The van der Waals surface area contributed by atoms with Crippen LogP contribution in [0.5, 0.6) is 0 Å². The molecule has 1 aromatic carbocycles. The molecular formula is C14H20N2O2. The van der Waals surface area contributed by atoms with E-state index >= 15 is 0 Å². The van der Waals surface area contributed by atoms with Gasteiger partial charge in [0, 0.05) is 37.3 Å². The lowest BCUT2D eigenvalue weighted by molar-refractivity contribution is -0.169. The molecule has 0 amide bonds. The van der Waals surface area contributed by atoms with Gasteiger partial charge in [0.1, 0.15) is 0 Å². The number of nitrogens with zero attached hydrogens (tertiary/aromatic N) is 1. The summed E-state index contributed by atoms with van der Waals surface area (Å²) < 4.78 is 11.5. The van der Waals surface area contributed by atoms with Gasteiger partial charge in [0.25, 0.3) is 0 Å². The molecule has 0 aromatic heterocycles. The molecule has 0 aliphatic carbocycles. The second-order valence-electron chi connectivity index (χ2n) is 5.14. The van der Waals surface area contributed by atoms with Crippen LogP contribution in [0.25, 0.3) is 0 Å². The Labute approximate surface area is 108 Å². The summed E-state index contributed by atoms with van der Waals surface area (Å²) in [7, 11) is 0. The number of anilines is 2. The molecule has 2 saturated heterocycles. The van der Waals surface area contributed by atoms with Gasteiger partial charge in [-0.25, -0.2) is 0 Å². The first-order valence-corrected chi connectivity index (χ1v) is 6.58. The van der Waals surface area contributed by atoms with E-state index in [0.717, 1.165) is 50.4 Å². The number of piperidine rings is 1. The van der Waals surface area contributed by atoms with Gasteiger partial charge in [0.15, 0.2) is 5.79 Å². The second-order valence-corrected chi connectivity index (χ2v) is 5.14. The summed E-state index contributed by atoms with van der Waals surface area (Å²) >= 11 is 0. The van der Waals surface area contributed by atoms with Crippen molar-refractivity contribution < 1.29 is 9.47 Å². The number of nitrogens with two attached hydrogens (primary N) is 1. The lowest BCUT2D eigenvalue weighted by atomic mass is 10.0. The highest BCUT2D eigenvalue weighted by Gasteiger charge is 2.39. The predicted octanol–water partition coefficient (Wildman–Crippen LogP) is 1.92. The summed E-state index contributed by atoms with van der Waals surface area (Å²) in [6.45, 7) is 5.47. The molecular weight excluding hydrogens is 228 g/mol. The Balaban J connectivity index is 1.70. The van der Waals surface area contributed by atoms with Gasteiger partial charge < -0.3 is 20.1 Å². The maximum absolute atomic E-state index is 5.85. The van der Waals surface area contributed by atoms with Crippen LogP contribution in [0.3, 0.4) is 0 Å². The molecule has 2 heterocycles. The van der Waals surface area contributed by atoms with Crippen LogP contribution >= 0.6 is 0 Å². The number of hydrogen-bond donors (Lipinski definition) is 1. The number of hydrogen-bond acceptors (Lipinski definition) is 4. The number of rotatable bonds is 1. The van der Waals surface area contributed by atoms with Gasteiger partial charge in [-0.1, -0.05) is 0 Å². The molecule has 4 heteroatoms. The number of nitrogen functional groups attached to an aromatic ring is 1. The number of benzene rings is 1. The van der Waals surface area contributed by atoms with E-state index in [4.69, 9.17) is 15.2 Å². The maximum atomic E-state index is 5.85. The van der Waals surface area contributed by atoms with Gasteiger partial charge in [-0.2, -0.15) is 0 Å². The first kappa shape index (κ1) is 11.8. The highest BCUT2D eigenvalue weighted by molar-refractivity contribution is 5.58. The van der Waals surface area contributed by atoms with Crippen molar-refractivity contribution in [2.24, 2.45) is 0 Å². The Bertz CT molecular complexity index is 431. The first-order valence-electron chi connectivity index (χ1n) is 6.58. The summed E-state index contributed by atoms with van der Waals surface area (Å²) in [6, 6.07) is 6.23. The van der Waals surface area contributed by atoms with Crippen LogP contribution in [0.15, 0.2) is 18.2 Å². The normalized spacial score (nSPS) is 22.6. The molecule has 0 bridgehead atoms. The van der Waals surface area contributed by atoms with E-state index in [0.29, 0.717) is 0 Å². The van der Waals surface area contributed by atoms with Crippen molar-refractivity contribution in [2.45, 2.75) is 25.6 Å². The largest absolute Gasteiger partial charge is 0.399 e. The zero-order chi connectivity index (χ0) is 12.6. The Morgan fingerprint density at radius 2 is 1.83 bits per heavy atom. The number of ether oxygens (including phenoxy) is 2. The fraction of sp³-hybridized carbons (Fsp3) is 0.571. The molecule has 1 spiro atoms. The molecule has 18 heavy (non-hydrogen) atoms. The SMILES string of the molecule is Cc1cc(N2CCC3(CC2)OCCO3)ccc1N. The summed E-state index contributed by atoms with van der Waals surface area (Å²) in [5.41, 5.74) is 9.10. The van der Waals surface area contributed by atoms with E-state index in [1.165, 1.54) is 5.69 Å². The van der Waals surface area contributed by atoms with E-state index in [1.807, 2.05) is 13.0 Å². The zero-order valence-electron chi connectivity index (χ0n) is 10.8. The minimum Gasteiger partial charge on any atom is -0.399 e. The van der Waals surface area contributed by atoms with Crippen LogP contribution in [-0.2, 0) is 9.47 Å². The van der Waals surface area contributed by atoms with Crippen LogP contribution in [0.2, 0.25) is 0 Å². The van der Waals surface area contributed by atoms with Crippen LogP contribution < -0.4 is 10.6 Å². The smallest absolute Gasteiger partial charge is 0.171 e.